The largest absolute Gasteiger partial charge is 0.443 e. The van der Waals surface area contributed by atoms with Crippen LogP contribution in [0.2, 0.25) is 0 Å². The Morgan fingerprint density at radius 2 is 2.07 bits per heavy atom. The first-order valence-corrected chi connectivity index (χ1v) is 4.77. The second kappa shape index (κ2) is 3.66. The van der Waals surface area contributed by atoms with E-state index in [0.29, 0.717) is 5.92 Å². The van der Waals surface area contributed by atoms with Gasteiger partial charge in [-0.1, -0.05) is 32.1 Å². The van der Waals surface area contributed by atoms with Gasteiger partial charge < -0.3 is 4.42 Å². The second-order valence-corrected chi connectivity index (χ2v) is 3.62. The average Bonchev–Trinajstić information content (AvgIpc) is 2.51. The normalized spacial score (nSPS) is 25.8. The number of hydrogen-bond acceptors (Lipinski definition) is 2. The van der Waals surface area contributed by atoms with E-state index in [-0.39, 0.29) is 0 Å². The maximum absolute atomic E-state index is 5.21. The molecule has 0 saturated carbocycles. The summed E-state index contributed by atoms with van der Waals surface area (Å²) < 4.78 is 5.21. The Morgan fingerprint density at radius 1 is 1.21 bits per heavy atom. The Hall–Kier alpha value is -1.57. The van der Waals surface area contributed by atoms with Crippen LogP contribution in [0.15, 0.2) is 34.6 Å². The Kier molecular flexibility index (Phi) is 2.35. The third kappa shape index (κ3) is 1.69. The summed E-state index contributed by atoms with van der Waals surface area (Å²) in [4.78, 5) is 4.12. The van der Waals surface area contributed by atoms with Crippen molar-refractivity contribution >= 4 is 12.2 Å². The molecule has 0 spiro atoms. The standard InChI is InChI=1S/C12H13NO/c1-9(2)10-4-3-5-12-11(7-6-10)13-8-14-12/h3-9H,1-2H3/b4-3+,5-3?,7-6?,10-4?,10-6-,11-7+,12-5+. The summed E-state index contributed by atoms with van der Waals surface area (Å²) >= 11 is 0. The predicted molar refractivity (Wildman–Crippen MR) is 56.7 cm³/mol. The lowest BCUT2D eigenvalue weighted by Crippen LogP contribution is -2.21. The average molecular weight is 187 g/mol. The molecule has 0 radical (unpaired) electrons. The van der Waals surface area contributed by atoms with Crippen LogP contribution in [0, 0.1) is 5.92 Å². The van der Waals surface area contributed by atoms with E-state index in [2.05, 4.69) is 31.0 Å². The molecule has 0 fully saturated rings. The highest BCUT2D eigenvalue weighted by Crippen LogP contribution is 2.11. The van der Waals surface area contributed by atoms with Gasteiger partial charge in [-0.2, -0.15) is 0 Å². The van der Waals surface area contributed by atoms with Crippen LogP contribution < -0.4 is 10.8 Å². The van der Waals surface area contributed by atoms with Crippen molar-refractivity contribution in [3.05, 3.63) is 41.0 Å². The van der Waals surface area contributed by atoms with Gasteiger partial charge in [0, 0.05) is 0 Å². The Labute approximate surface area is 83.0 Å². The van der Waals surface area contributed by atoms with Gasteiger partial charge in [-0.05, 0) is 23.6 Å². The molecule has 1 heterocycles. The fraction of sp³-hybridized carbons (Fsp3) is 0.250. The molecule has 1 aliphatic rings. The molecule has 0 saturated heterocycles. The van der Waals surface area contributed by atoms with Crippen molar-refractivity contribution < 1.29 is 4.42 Å². The van der Waals surface area contributed by atoms with Crippen LogP contribution in [-0.2, 0) is 0 Å². The first-order chi connectivity index (χ1) is 6.77. The minimum absolute atomic E-state index is 0.532. The summed E-state index contributed by atoms with van der Waals surface area (Å²) in [6.07, 6.45) is 11.6. The van der Waals surface area contributed by atoms with Crippen LogP contribution in [0.4, 0.5) is 0 Å². The topological polar surface area (TPSA) is 26.0 Å². The summed E-state index contributed by atoms with van der Waals surface area (Å²) in [5.74, 6) is 0.532. The zero-order valence-electron chi connectivity index (χ0n) is 8.40. The monoisotopic (exact) mass is 187 g/mol. The lowest BCUT2D eigenvalue weighted by Gasteiger charge is -2.04. The number of fused-ring (bicyclic) bond motifs is 1. The van der Waals surface area contributed by atoms with Crippen molar-refractivity contribution in [1.29, 1.82) is 0 Å². The molecule has 72 valence electrons. The molecule has 2 nitrogen and oxygen atoms in total. The van der Waals surface area contributed by atoms with Crippen LogP contribution >= 0.6 is 0 Å². The number of hydrogen-bond donors (Lipinski definition) is 0. The lowest BCUT2D eigenvalue weighted by molar-refractivity contribution is 0.525. The van der Waals surface area contributed by atoms with Crippen molar-refractivity contribution in [1.82, 2.24) is 4.98 Å². The third-order valence-electron chi connectivity index (χ3n) is 2.26. The minimum atomic E-state index is 0.532. The highest BCUT2D eigenvalue weighted by molar-refractivity contribution is 5.48. The number of nitrogens with zero attached hydrogens (tertiary/aromatic N) is 1. The molecule has 14 heavy (non-hydrogen) atoms. The summed E-state index contributed by atoms with van der Waals surface area (Å²) in [6.45, 7) is 4.35. The van der Waals surface area contributed by atoms with Gasteiger partial charge in [0.1, 0.15) is 5.35 Å². The molecule has 1 aliphatic carbocycles. The molecule has 0 unspecified atom stereocenters. The molecule has 0 N–H and O–H groups in total. The van der Waals surface area contributed by atoms with Gasteiger partial charge in [-0.3, -0.25) is 0 Å². The van der Waals surface area contributed by atoms with Crippen LogP contribution in [0.5, 0.6) is 0 Å². The zero-order chi connectivity index (χ0) is 9.97. The zero-order valence-corrected chi connectivity index (χ0v) is 8.40. The maximum atomic E-state index is 5.21. The number of rotatable bonds is 1. The van der Waals surface area contributed by atoms with E-state index < -0.39 is 0 Å². The van der Waals surface area contributed by atoms with Gasteiger partial charge in [-0.15, -0.1) is 0 Å². The highest BCUT2D eigenvalue weighted by atomic mass is 16.3. The van der Waals surface area contributed by atoms with Crippen LogP contribution in [0.25, 0.3) is 12.2 Å². The van der Waals surface area contributed by atoms with E-state index in [4.69, 9.17) is 4.42 Å². The van der Waals surface area contributed by atoms with E-state index in [1.165, 1.54) is 12.0 Å². The number of aromatic nitrogens is 1. The molecular formula is C12H13NO. The third-order valence-corrected chi connectivity index (χ3v) is 2.26. The summed E-state index contributed by atoms with van der Waals surface area (Å²) in [5, 5.41) is 0.896. The van der Waals surface area contributed by atoms with Crippen molar-refractivity contribution in [2.45, 2.75) is 13.8 Å². The van der Waals surface area contributed by atoms with Crippen molar-refractivity contribution in [3.8, 4) is 0 Å². The van der Waals surface area contributed by atoms with Crippen LogP contribution in [-0.4, -0.2) is 4.98 Å². The van der Waals surface area contributed by atoms with Crippen molar-refractivity contribution in [3.63, 3.8) is 0 Å². The first-order valence-electron chi connectivity index (χ1n) is 4.77. The first kappa shape index (κ1) is 9.00. The van der Waals surface area contributed by atoms with E-state index in [1.807, 2.05) is 18.2 Å². The van der Waals surface area contributed by atoms with Gasteiger partial charge in [-0.25, -0.2) is 4.98 Å². The van der Waals surface area contributed by atoms with Crippen LogP contribution in [0.3, 0.4) is 0 Å². The van der Waals surface area contributed by atoms with Crippen molar-refractivity contribution in [2.24, 2.45) is 5.92 Å². The van der Waals surface area contributed by atoms with Crippen LogP contribution in [0.1, 0.15) is 13.8 Å². The number of allylic oxidation sites excluding steroid dienone is 4. The summed E-state index contributed by atoms with van der Waals surface area (Å²) in [6, 6.07) is 0. The van der Waals surface area contributed by atoms with Gasteiger partial charge in [0.15, 0.2) is 11.8 Å². The Balaban J connectivity index is 2.56. The maximum Gasteiger partial charge on any atom is 0.181 e. The number of oxazole rings is 1. The molecule has 0 atom stereocenters. The predicted octanol–water partition coefficient (Wildman–Crippen LogP) is 1.39. The Morgan fingerprint density at radius 3 is 2.86 bits per heavy atom. The quantitative estimate of drug-likeness (QED) is 0.664. The van der Waals surface area contributed by atoms with E-state index in [9.17, 15) is 0 Å². The second-order valence-electron chi connectivity index (χ2n) is 3.62. The smallest absolute Gasteiger partial charge is 0.181 e. The van der Waals surface area contributed by atoms with Gasteiger partial charge in [0.25, 0.3) is 0 Å². The highest BCUT2D eigenvalue weighted by Gasteiger charge is 1.99. The lowest BCUT2D eigenvalue weighted by atomic mass is 10.0. The fourth-order valence-corrected chi connectivity index (χ4v) is 1.38. The van der Waals surface area contributed by atoms with E-state index >= 15 is 0 Å². The van der Waals surface area contributed by atoms with E-state index in [0.717, 1.165) is 10.8 Å². The van der Waals surface area contributed by atoms with E-state index in [1.54, 1.807) is 0 Å². The molecule has 0 amide bonds. The van der Waals surface area contributed by atoms with Gasteiger partial charge >= 0.3 is 0 Å². The minimum Gasteiger partial charge on any atom is -0.443 e. The molecule has 0 aliphatic heterocycles. The SMILES string of the molecule is CC(C)C1=C\C=c2\nco\c2=C\C=C\1. The molecule has 0 aromatic carbocycles. The molecule has 2 rings (SSSR count). The molecular weight excluding hydrogens is 174 g/mol. The fourth-order valence-electron chi connectivity index (χ4n) is 1.38. The molecule has 1 aromatic rings. The van der Waals surface area contributed by atoms with Gasteiger partial charge in [0.2, 0.25) is 0 Å². The molecule has 1 aromatic heterocycles. The molecule has 0 bridgehead atoms. The van der Waals surface area contributed by atoms with Crippen molar-refractivity contribution in [2.75, 3.05) is 0 Å². The van der Waals surface area contributed by atoms with Gasteiger partial charge in [0.05, 0.1) is 0 Å². The molecule has 2 heteroatoms. The summed E-state index contributed by atoms with van der Waals surface area (Å²) in [7, 11) is 0. The Bertz CT molecular complexity index is 489. The summed E-state index contributed by atoms with van der Waals surface area (Å²) in [5.41, 5.74) is 2.12.